The van der Waals surface area contributed by atoms with Gasteiger partial charge in [0.05, 0.1) is 23.6 Å². The van der Waals surface area contributed by atoms with Gasteiger partial charge in [0, 0.05) is 24.1 Å². The molecular formula is C19H12F2N4O3. The number of pyridine rings is 1. The summed E-state index contributed by atoms with van der Waals surface area (Å²) in [6, 6.07) is 8.55. The van der Waals surface area contributed by atoms with Crippen LogP contribution in [0.2, 0.25) is 0 Å². The van der Waals surface area contributed by atoms with Gasteiger partial charge in [-0.15, -0.1) is 5.10 Å². The third kappa shape index (κ3) is 3.02. The second kappa shape index (κ2) is 6.69. The first-order chi connectivity index (χ1) is 13.4. The highest BCUT2D eigenvalue weighted by Crippen LogP contribution is 2.22. The number of aromatic carboxylic acids is 1. The molecule has 0 amide bonds. The zero-order valence-electron chi connectivity index (χ0n) is 14.2. The topological polar surface area (TPSA) is 90.0 Å². The largest absolute Gasteiger partial charge is 0.477 e. The number of hydrogen-bond acceptors (Lipinski definition) is 4. The van der Waals surface area contributed by atoms with Crippen LogP contribution in [-0.2, 0) is 6.54 Å². The maximum Gasteiger partial charge on any atom is 0.341 e. The van der Waals surface area contributed by atoms with Crippen molar-refractivity contribution in [3.05, 3.63) is 88.0 Å². The molecule has 0 bridgehead atoms. The molecular weight excluding hydrogens is 370 g/mol. The summed E-state index contributed by atoms with van der Waals surface area (Å²) in [7, 11) is 0. The summed E-state index contributed by atoms with van der Waals surface area (Å²) in [4.78, 5) is 23.9. The summed E-state index contributed by atoms with van der Waals surface area (Å²) in [5.41, 5.74) is -0.0613. The van der Waals surface area contributed by atoms with E-state index in [0.29, 0.717) is 12.2 Å². The van der Waals surface area contributed by atoms with Gasteiger partial charge in [-0.25, -0.2) is 18.3 Å². The lowest BCUT2D eigenvalue weighted by Crippen LogP contribution is -2.19. The zero-order chi connectivity index (χ0) is 19.8. The molecule has 0 fully saturated rings. The summed E-state index contributed by atoms with van der Waals surface area (Å²) in [5.74, 6) is -3.81. The fourth-order valence-electron chi connectivity index (χ4n) is 2.99. The molecule has 1 N–H and O–H groups in total. The van der Waals surface area contributed by atoms with Crippen molar-refractivity contribution < 1.29 is 18.7 Å². The van der Waals surface area contributed by atoms with Crippen molar-refractivity contribution in [2.24, 2.45) is 0 Å². The molecule has 0 unspecified atom stereocenters. The maximum atomic E-state index is 13.8. The minimum absolute atomic E-state index is 0.0619. The van der Waals surface area contributed by atoms with Crippen molar-refractivity contribution in [1.29, 1.82) is 0 Å². The predicted molar refractivity (Wildman–Crippen MR) is 95.5 cm³/mol. The van der Waals surface area contributed by atoms with E-state index < -0.39 is 28.6 Å². The van der Waals surface area contributed by atoms with Gasteiger partial charge >= 0.3 is 5.97 Å². The van der Waals surface area contributed by atoms with E-state index in [1.807, 2.05) is 6.07 Å². The van der Waals surface area contributed by atoms with E-state index >= 15 is 0 Å². The highest BCUT2D eigenvalue weighted by atomic mass is 19.2. The Hall–Kier alpha value is -3.88. The molecule has 0 aliphatic heterocycles. The molecule has 4 rings (SSSR count). The Kier molecular flexibility index (Phi) is 4.19. The van der Waals surface area contributed by atoms with Crippen LogP contribution in [0.15, 0.2) is 59.8 Å². The van der Waals surface area contributed by atoms with Crippen molar-refractivity contribution in [2.45, 2.75) is 6.54 Å². The smallest absolute Gasteiger partial charge is 0.341 e. The Morgan fingerprint density at radius 3 is 2.64 bits per heavy atom. The molecule has 28 heavy (non-hydrogen) atoms. The molecule has 0 radical (unpaired) electrons. The lowest BCUT2D eigenvalue weighted by Gasteiger charge is -2.14. The van der Waals surface area contributed by atoms with Gasteiger partial charge < -0.3 is 9.67 Å². The predicted octanol–water partition coefficient (Wildman–Crippen LogP) is 2.61. The number of carboxylic acid groups (broad SMARTS) is 1. The number of hydrogen-bond donors (Lipinski definition) is 1. The lowest BCUT2D eigenvalue weighted by molar-refractivity contribution is 0.0695. The molecule has 2 aromatic carbocycles. The zero-order valence-corrected chi connectivity index (χ0v) is 14.2. The summed E-state index contributed by atoms with van der Waals surface area (Å²) >= 11 is 0. The Morgan fingerprint density at radius 1 is 1.14 bits per heavy atom. The summed E-state index contributed by atoms with van der Waals surface area (Å²) < 4.78 is 30.5. The van der Waals surface area contributed by atoms with Crippen LogP contribution in [0.5, 0.6) is 0 Å². The SMILES string of the molecule is O=C(O)c1cn(-c2cccc(Cn3ccnn3)c2)c2cc(F)c(F)cc2c1=O. The monoisotopic (exact) mass is 382 g/mol. The summed E-state index contributed by atoms with van der Waals surface area (Å²) in [5, 5.41) is 16.7. The second-order valence-electron chi connectivity index (χ2n) is 6.10. The van der Waals surface area contributed by atoms with Crippen molar-refractivity contribution in [3.8, 4) is 5.69 Å². The first-order valence-electron chi connectivity index (χ1n) is 8.15. The summed E-state index contributed by atoms with van der Waals surface area (Å²) in [6.07, 6.45) is 4.33. The summed E-state index contributed by atoms with van der Waals surface area (Å²) in [6.45, 7) is 0.404. The van der Waals surface area contributed by atoms with Gasteiger partial charge in [-0.05, 0) is 23.8 Å². The van der Waals surface area contributed by atoms with Crippen molar-refractivity contribution in [3.63, 3.8) is 0 Å². The van der Waals surface area contributed by atoms with Crippen molar-refractivity contribution in [1.82, 2.24) is 19.6 Å². The van der Waals surface area contributed by atoms with Crippen LogP contribution in [0.1, 0.15) is 15.9 Å². The van der Waals surface area contributed by atoms with Crippen LogP contribution in [0.4, 0.5) is 8.78 Å². The molecule has 2 aromatic heterocycles. The molecule has 0 saturated heterocycles. The molecule has 0 atom stereocenters. The molecule has 140 valence electrons. The first-order valence-corrected chi connectivity index (χ1v) is 8.15. The van der Waals surface area contributed by atoms with Crippen LogP contribution in [0.3, 0.4) is 0 Å². The number of aromatic nitrogens is 4. The number of halogens is 2. The van der Waals surface area contributed by atoms with Gasteiger partial charge in [0.2, 0.25) is 5.43 Å². The lowest BCUT2D eigenvalue weighted by atomic mass is 10.1. The fourth-order valence-corrected chi connectivity index (χ4v) is 2.99. The van der Waals surface area contributed by atoms with Gasteiger partial charge in [0.1, 0.15) is 5.56 Å². The van der Waals surface area contributed by atoms with Crippen LogP contribution in [-0.4, -0.2) is 30.6 Å². The number of fused-ring (bicyclic) bond motifs is 1. The van der Waals surface area contributed by atoms with Crippen molar-refractivity contribution >= 4 is 16.9 Å². The van der Waals surface area contributed by atoms with Gasteiger partial charge in [0.15, 0.2) is 11.6 Å². The van der Waals surface area contributed by atoms with E-state index in [-0.39, 0.29) is 10.9 Å². The minimum Gasteiger partial charge on any atom is -0.477 e. The van der Waals surface area contributed by atoms with Crippen LogP contribution < -0.4 is 5.43 Å². The number of nitrogens with zero attached hydrogens (tertiary/aromatic N) is 4. The Morgan fingerprint density at radius 2 is 1.93 bits per heavy atom. The van der Waals surface area contributed by atoms with Crippen LogP contribution in [0.25, 0.3) is 16.6 Å². The Balaban J connectivity index is 1.95. The van der Waals surface area contributed by atoms with Crippen LogP contribution >= 0.6 is 0 Å². The van der Waals surface area contributed by atoms with Gasteiger partial charge in [-0.2, -0.15) is 0 Å². The van der Waals surface area contributed by atoms with Crippen LogP contribution in [0, 0.1) is 11.6 Å². The molecule has 0 aliphatic rings. The normalized spacial score (nSPS) is 11.1. The molecule has 9 heteroatoms. The van der Waals surface area contributed by atoms with E-state index in [2.05, 4.69) is 10.3 Å². The first kappa shape index (κ1) is 17.5. The molecule has 0 spiro atoms. The molecule has 2 heterocycles. The third-order valence-electron chi connectivity index (χ3n) is 4.28. The van der Waals surface area contributed by atoms with Crippen molar-refractivity contribution in [2.75, 3.05) is 0 Å². The number of benzene rings is 2. The minimum atomic E-state index is -1.45. The molecule has 0 aliphatic carbocycles. The molecule has 7 nitrogen and oxygen atoms in total. The quantitative estimate of drug-likeness (QED) is 0.586. The van der Waals surface area contributed by atoms with Gasteiger partial charge in [0.25, 0.3) is 0 Å². The van der Waals surface area contributed by atoms with E-state index in [9.17, 15) is 23.5 Å². The van der Waals surface area contributed by atoms with E-state index in [0.717, 1.165) is 23.9 Å². The Labute approximate surface area is 156 Å². The van der Waals surface area contributed by atoms with E-state index in [1.54, 1.807) is 29.1 Å². The molecule has 0 saturated carbocycles. The number of carbonyl (C=O) groups is 1. The van der Waals surface area contributed by atoms with E-state index in [1.165, 1.54) is 10.8 Å². The third-order valence-corrected chi connectivity index (χ3v) is 4.28. The van der Waals surface area contributed by atoms with Gasteiger partial charge in [-0.1, -0.05) is 17.3 Å². The number of carboxylic acids is 1. The standard InChI is InChI=1S/C19H12F2N4O3/c20-15-7-13-17(8-16(15)21)25(10-14(18(13)26)19(27)28)12-3-1-2-11(6-12)9-24-5-4-22-23-24/h1-8,10H,9H2,(H,27,28). The number of rotatable bonds is 4. The average Bonchev–Trinajstić information content (AvgIpc) is 3.16. The fraction of sp³-hybridized carbons (Fsp3) is 0.0526. The highest BCUT2D eigenvalue weighted by Gasteiger charge is 2.18. The second-order valence-corrected chi connectivity index (χ2v) is 6.10. The highest BCUT2D eigenvalue weighted by molar-refractivity contribution is 5.93. The Bertz CT molecular complexity index is 1270. The molecule has 4 aromatic rings. The van der Waals surface area contributed by atoms with E-state index in [4.69, 9.17) is 0 Å². The van der Waals surface area contributed by atoms with Gasteiger partial charge in [-0.3, -0.25) is 4.79 Å². The maximum absolute atomic E-state index is 13.8. The average molecular weight is 382 g/mol.